The molecule has 0 spiro atoms. The Kier molecular flexibility index (Phi) is 29.1. The molecule has 21 rings (SSSR count). The van der Waals surface area contributed by atoms with Crippen LogP contribution in [0.15, 0.2) is 170 Å². The van der Waals surface area contributed by atoms with Gasteiger partial charge in [-0.25, -0.2) is 14.4 Å². The van der Waals surface area contributed by atoms with E-state index in [1.165, 1.54) is 23.8 Å². The van der Waals surface area contributed by atoms with Gasteiger partial charge in [-0.15, -0.1) is 32.8 Å². The van der Waals surface area contributed by atoms with Crippen LogP contribution in [0.25, 0.3) is 38.7 Å². The van der Waals surface area contributed by atoms with Crippen LogP contribution in [0.2, 0.25) is 0 Å². The van der Waals surface area contributed by atoms with E-state index >= 15 is 0 Å². The van der Waals surface area contributed by atoms with Crippen LogP contribution in [-0.4, -0.2) is 174 Å². The number of carbonyl (C=O) groups is 3. The second-order valence-electron chi connectivity index (χ2n) is 37.2. The number of anilines is 7. The van der Waals surface area contributed by atoms with Crippen molar-refractivity contribution in [2.24, 2.45) is 0 Å². The van der Waals surface area contributed by atoms with Gasteiger partial charge in [-0.05, 0) is 285 Å². The predicted octanol–water partition coefficient (Wildman–Crippen LogP) is 17.8. The minimum absolute atomic E-state index is 0. The van der Waals surface area contributed by atoms with Crippen molar-refractivity contribution in [3.63, 3.8) is 0 Å². The molecular formula is C95H105ClFN22NaO12. The Morgan fingerprint density at radius 1 is 0.485 bits per heavy atom. The summed E-state index contributed by atoms with van der Waals surface area (Å²) in [5, 5.41) is 73.6. The normalized spacial score (nSPS) is 22.4. The molecule has 34 nitrogen and oxygen atoms in total. The van der Waals surface area contributed by atoms with Crippen molar-refractivity contribution in [2.45, 2.75) is 254 Å². The van der Waals surface area contributed by atoms with Crippen molar-refractivity contribution in [1.29, 1.82) is 10.5 Å². The largest absolute Gasteiger partial charge is 1.00 e. The quantitative estimate of drug-likeness (QED) is 0.0138. The average Bonchev–Trinajstić information content (AvgIpc) is 1.63. The number of aromatic hydroxyl groups is 1. The molecule has 0 saturated carbocycles. The summed E-state index contributed by atoms with van der Waals surface area (Å²) in [6, 6.07) is 60.1. The molecule has 2 aromatic heterocycles. The number of hydrogen-bond acceptors (Lipinski definition) is 25. The van der Waals surface area contributed by atoms with Crippen LogP contribution >= 0.6 is 12.4 Å². The molecule has 8 bridgehead atoms. The zero-order chi connectivity index (χ0) is 91.5. The summed E-state index contributed by atoms with van der Waals surface area (Å²) in [4.78, 5) is 62.2. The van der Waals surface area contributed by atoms with Crippen LogP contribution in [0, 0.1) is 38.6 Å². The van der Waals surface area contributed by atoms with Crippen molar-refractivity contribution >= 4 is 76.2 Å². The average molecular weight is 1820 g/mol. The number of nitro benzene ring substituents is 1. The van der Waals surface area contributed by atoms with E-state index < -0.39 is 33.2 Å². The number of piperidine rings is 4. The molecular weight excluding hydrogens is 1720 g/mol. The third kappa shape index (κ3) is 21.3. The molecule has 5 N–H and O–H groups in total. The molecule has 13 heterocycles. The number of fused-ring (bicyclic) bond motifs is 14. The molecule has 0 radical (unpaired) electrons. The van der Waals surface area contributed by atoms with Crippen LogP contribution in [0.1, 0.15) is 176 Å². The number of aromatic amines is 2. The SMILES string of the molecule is CC(C)(C)OC(=O)N1[C@@H]2CC[C@H]1CC(N1c3ccccc3Oc3cc(-c4nn[nH]n4)ccc31)C2.CC(C)(C)OC(=O)N1[C@@H]2CC[C@H]1CC(N1c3ccccc3Oc3cc(C#N)ccc31)C2.CC(C)(C)OC(=O)N1[C@@H]2CC[C@H]1CC(Nc1ccccc1O)C2.Cl.N#Cc1ccc(F)c([N+](=O)[O-])c1.[N-]=[N+]=[N-].[Na+].c1ccc2c(c1)Oc1cc(-c3nn[nH]n3)ccc1N2C1C[C@H]2CC[C@@H](C1)N2. The van der Waals surface area contributed by atoms with Crippen molar-refractivity contribution < 1.29 is 86.8 Å². The first kappa shape index (κ1) is 95.1. The topological polar surface area (TPSA) is 429 Å². The van der Waals surface area contributed by atoms with Gasteiger partial charge in [0.25, 0.3) is 0 Å². The van der Waals surface area contributed by atoms with Gasteiger partial charge in [0.1, 0.15) is 22.6 Å². The van der Waals surface area contributed by atoms with Crippen LogP contribution in [0.5, 0.6) is 40.2 Å². The Labute approximate surface area is 792 Å². The van der Waals surface area contributed by atoms with Crippen LogP contribution in [-0.2, 0) is 14.2 Å². The van der Waals surface area contributed by atoms with Crippen LogP contribution in [0.4, 0.5) is 64.3 Å². The number of carbonyl (C=O) groups excluding carboxylic acids is 3. The smallest absolute Gasteiger partial charge is 0.506 e. The summed E-state index contributed by atoms with van der Waals surface area (Å²) < 4.78 is 48.3. The van der Waals surface area contributed by atoms with E-state index in [9.17, 15) is 39.3 Å². The fourth-order valence-electron chi connectivity index (χ4n) is 20.1. The van der Waals surface area contributed by atoms with Gasteiger partial charge in [0.2, 0.25) is 17.5 Å². The maximum atomic E-state index is 13.0. The van der Waals surface area contributed by atoms with Gasteiger partial charge >= 0.3 is 53.5 Å². The third-order valence-electron chi connectivity index (χ3n) is 25.1. The molecule has 11 aliphatic rings. The van der Waals surface area contributed by atoms with E-state index in [-0.39, 0.29) is 126 Å². The van der Waals surface area contributed by atoms with E-state index in [1.807, 2.05) is 186 Å². The number of nitriles is 2. The Balaban J connectivity index is 0.000000135. The predicted molar refractivity (Wildman–Crippen MR) is 490 cm³/mol. The minimum Gasteiger partial charge on any atom is -0.506 e. The number of rotatable bonds is 8. The van der Waals surface area contributed by atoms with Gasteiger partial charge in [-0.3, -0.25) is 15.0 Å². The number of para-hydroxylation sites is 8. The number of ether oxygens (including phenoxy) is 6. The number of benzene rings is 8. The summed E-state index contributed by atoms with van der Waals surface area (Å²) in [6.07, 6.45) is 15.7. The molecule has 12 atom stereocenters. The number of H-pyrrole nitrogens is 2. The zero-order valence-corrected chi connectivity index (χ0v) is 78.0. The second kappa shape index (κ2) is 40.4. The Hall–Kier alpha value is -13.0. The van der Waals surface area contributed by atoms with Crippen LogP contribution < -0.4 is 69.1 Å². The molecule has 8 aromatic carbocycles. The first-order valence-corrected chi connectivity index (χ1v) is 44.1. The van der Waals surface area contributed by atoms with Crippen LogP contribution in [0.3, 0.4) is 0 Å². The first-order valence-electron chi connectivity index (χ1n) is 44.1. The van der Waals surface area contributed by atoms with E-state index in [2.05, 4.69) is 109 Å². The van der Waals surface area contributed by atoms with Crippen molar-refractivity contribution in [2.75, 3.05) is 20.0 Å². The van der Waals surface area contributed by atoms with Gasteiger partial charge < -0.3 is 84.6 Å². The number of nitro groups is 1. The maximum Gasteiger partial charge on any atom is 1.00 e. The summed E-state index contributed by atoms with van der Waals surface area (Å²) >= 11 is 0. The van der Waals surface area contributed by atoms with Crippen molar-refractivity contribution in [1.82, 2.24) is 61.3 Å². The number of hydrogen-bond donors (Lipinski definition) is 5. The van der Waals surface area contributed by atoms with Gasteiger partial charge in [-0.2, -0.15) is 25.3 Å². The van der Waals surface area contributed by atoms with Gasteiger partial charge in [0.15, 0.2) is 34.5 Å². The number of aromatic nitrogens is 8. The Morgan fingerprint density at radius 2 is 0.826 bits per heavy atom. The molecule has 3 amide bonds. The fraction of sp³-hybridized carbons (Fsp3) is 0.421. The van der Waals surface area contributed by atoms with Crippen molar-refractivity contribution in [3.8, 4) is 75.2 Å². The van der Waals surface area contributed by atoms with E-state index in [4.69, 9.17) is 44.7 Å². The Morgan fingerprint density at radius 3 is 1.20 bits per heavy atom. The number of nitrogens with one attached hydrogen (secondary N) is 4. The molecule has 0 aliphatic carbocycles. The Bertz CT molecular complexity index is 5890. The van der Waals surface area contributed by atoms with Gasteiger partial charge in [0, 0.05) is 95.8 Å². The number of halogens is 2. The monoisotopic (exact) mass is 1820 g/mol. The molecule has 8 saturated heterocycles. The summed E-state index contributed by atoms with van der Waals surface area (Å²) in [6.45, 7) is 17.2. The number of amides is 3. The number of phenols is 1. The fourth-order valence-corrected chi connectivity index (χ4v) is 20.1. The molecule has 8 fully saturated rings. The maximum absolute atomic E-state index is 13.0. The standard InChI is InChI=1S/C25H28N6O3.C25H27N3O3.C20H20N6O.C18H26N2O3.C7H3FN2O2.ClH.N3.Na/c1-25(2,3)34-24(32)30-16-9-10-17(30)14-18(13-16)31-19-6-4-5-7-21(19)33-22-12-15(8-11-20(22)31)23-26-28-29-27-23;1-25(2,3)31-24(29)27-17-9-10-18(27)14-19(13-17)28-20-6-4-5-7-22(20)30-23-12-16(15-26)8-11-21(23)28;1-2-4-18-16(3-1)26(15-10-13-6-7-14(11-15)21-13)17-8-5-12(9-19(17)27-18)20-22-24-25-23-20;1-18(2,3)23-17(22)20-13-8-9-14(20)11-12(10-13)19-15-6-4-5-7-16(15)21;8-6-2-1-5(4-9)3-7(6)10(11)12;;1-3-2;/h4-8,11-12,16-18H,9-10,13-14H2,1-3H3,(H,26,27,28,29);4-8,11-12,17-19H,9-10,13-14H2,1-3H3;1-5,8-9,13-15,21H,6-7,10-11H2,(H,22,23,24,25);4-7,12-14,19,21H,8-11H2,1-3H3;1-3H;1H;;/q;;;;;;-1;+1/t16-,17+,18?;17-,18+,19?;13-,14+,15?;12?,13-,14+;;;;. The first-order chi connectivity index (χ1) is 62.4. The molecule has 132 heavy (non-hydrogen) atoms. The molecule has 11 aliphatic heterocycles. The molecule has 10 aromatic rings. The summed E-state index contributed by atoms with van der Waals surface area (Å²) in [5.74, 6) is 5.29. The molecule has 682 valence electrons. The zero-order valence-electron chi connectivity index (χ0n) is 75.2. The molecule has 4 unspecified atom stereocenters. The van der Waals surface area contributed by atoms with Crippen molar-refractivity contribution in [3.05, 3.63) is 213 Å². The second-order valence-corrected chi connectivity index (χ2v) is 37.2. The van der Waals surface area contributed by atoms with Gasteiger partial charge in [0.05, 0.1) is 68.0 Å². The van der Waals surface area contributed by atoms with Gasteiger partial charge in [-0.1, -0.05) is 48.5 Å². The third-order valence-corrected chi connectivity index (χ3v) is 25.1. The summed E-state index contributed by atoms with van der Waals surface area (Å²) in [7, 11) is 0. The van der Waals surface area contributed by atoms with E-state index in [1.54, 1.807) is 12.1 Å². The van der Waals surface area contributed by atoms with E-state index in [0.29, 0.717) is 41.1 Å². The number of phenolic OH excluding ortho intramolecular Hbond substituents is 1. The number of nitrogens with zero attached hydrogens (tertiary/aromatic N) is 18. The molecule has 37 heteroatoms. The summed E-state index contributed by atoms with van der Waals surface area (Å²) in [5.41, 5.74) is 20.9. The minimum atomic E-state index is -0.931. The van der Waals surface area contributed by atoms with E-state index in [0.717, 1.165) is 182 Å². The number of tetrazole rings is 2.